The molecule has 0 saturated carbocycles. The van der Waals surface area contributed by atoms with Crippen LogP contribution < -0.4 is 9.46 Å². The van der Waals surface area contributed by atoms with Gasteiger partial charge >= 0.3 is 0 Å². The summed E-state index contributed by atoms with van der Waals surface area (Å²) in [6, 6.07) is 7.21. The molecule has 0 unspecified atom stereocenters. The van der Waals surface area contributed by atoms with E-state index < -0.39 is 10.0 Å². The molecule has 3 rings (SSSR count). The fraction of sp³-hybridized carbons (Fsp3) is 0.450. The van der Waals surface area contributed by atoms with Gasteiger partial charge in [-0.15, -0.1) is 0 Å². The second-order valence-corrected chi connectivity index (χ2v) is 8.68. The van der Waals surface area contributed by atoms with Crippen molar-refractivity contribution in [2.24, 2.45) is 7.05 Å². The van der Waals surface area contributed by atoms with Crippen molar-refractivity contribution in [2.75, 3.05) is 33.4 Å². The first-order valence-corrected chi connectivity index (χ1v) is 10.9. The van der Waals surface area contributed by atoms with E-state index in [1.54, 1.807) is 42.5 Å². The van der Waals surface area contributed by atoms with Crippen molar-refractivity contribution < 1.29 is 22.7 Å². The molecule has 0 spiro atoms. The van der Waals surface area contributed by atoms with Crippen molar-refractivity contribution in [3.8, 4) is 5.75 Å². The molecule has 1 saturated heterocycles. The minimum atomic E-state index is -3.94. The third-order valence-electron chi connectivity index (χ3n) is 5.35. The van der Waals surface area contributed by atoms with Gasteiger partial charge in [0.05, 0.1) is 25.9 Å². The molecule has 158 valence electrons. The number of aromatic nitrogens is 1. The number of nitrogens with zero attached hydrogens (tertiary/aromatic N) is 2. The van der Waals surface area contributed by atoms with E-state index in [1.165, 1.54) is 7.11 Å². The van der Waals surface area contributed by atoms with Gasteiger partial charge in [0.15, 0.2) is 0 Å². The third kappa shape index (κ3) is 4.17. The van der Waals surface area contributed by atoms with Gasteiger partial charge in [0.2, 0.25) is 10.0 Å². The minimum absolute atomic E-state index is 0.0314. The van der Waals surface area contributed by atoms with Crippen LogP contribution in [0.2, 0.25) is 0 Å². The Bertz CT molecular complexity index is 1010. The number of amides is 1. The van der Waals surface area contributed by atoms with Gasteiger partial charge in [-0.25, -0.2) is 13.1 Å². The van der Waals surface area contributed by atoms with E-state index in [9.17, 15) is 13.2 Å². The lowest BCUT2D eigenvalue weighted by molar-refractivity contribution is 0.0300. The van der Waals surface area contributed by atoms with Gasteiger partial charge in [-0.05, 0) is 19.9 Å². The number of para-hydroxylation sites is 1. The lowest BCUT2D eigenvalue weighted by Gasteiger charge is -2.27. The molecule has 9 heteroatoms. The molecule has 0 atom stereocenters. The fourth-order valence-electron chi connectivity index (χ4n) is 3.52. The summed E-state index contributed by atoms with van der Waals surface area (Å²) < 4.78 is 41.5. The van der Waals surface area contributed by atoms with E-state index in [0.717, 1.165) is 0 Å². The zero-order chi connectivity index (χ0) is 21.2. The lowest BCUT2D eigenvalue weighted by Crippen LogP contribution is -2.41. The van der Waals surface area contributed by atoms with Crippen LogP contribution in [0.4, 0.5) is 0 Å². The number of ether oxygens (including phenoxy) is 2. The van der Waals surface area contributed by atoms with Crippen LogP contribution in [-0.2, 0) is 28.4 Å². The van der Waals surface area contributed by atoms with E-state index in [4.69, 9.17) is 9.47 Å². The topological polar surface area (TPSA) is 89.9 Å². The number of rotatable bonds is 6. The highest BCUT2D eigenvalue weighted by molar-refractivity contribution is 7.89. The molecule has 1 aliphatic heterocycles. The summed E-state index contributed by atoms with van der Waals surface area (Å²) in [6.07, 6.45) is 0. The van der Waals surface area contributed by atoms with Gasteiger partial charge < -0.3 is 18.9 Å². The fourth-order valence-corrected chi connectivity index (χ4v) is 5.04. The van der Waals surface area contributed by atoms with Crippen molar-refractivity contribution in [1.82, 2.24) is 14.2 Å². The second-order valence-electron chi connectivity index (χ2n) is 6.97. The Morgan fingerprint density at radius 2 is 1.83 bits per heavy atom. The average molecular weight is 422 g/mol. The van der Waals surface area contributed by atoms with Crippen molar-refractivity contribution >= 4 is 15.9 Å². The summed E-state index contributed by atoms with van der Waals surface area (Å²) in [6.45, 7) is 5.32. The molecule has 0 bridgehead atoms. The molecule has 0 aliphatic carbocycles. The van der Waals surface area contributed by atoms with Gasteiger partial charge in [-0.1, -0.05) is 18.2 Å². The van der Waals surface area contributed by atoms with E-state index in [1.807, 2.05) is 12.1 Å². The Morgan fingerprint density at radius 1 is 1.17 bits per heavy atom. The zero-order valence-corrected chi connectivity index (χ0v) is 18.0. The van der Waals surface area contributed by atoms with Crippen molar-refractivity contribution in [3.05, 3.63) is 46.8 Å². The SMILES string of the molecule is COc1ccccc1CNS(=O)(=O)c1c(C(=O)N2CCOCC2)c(C)n(C)c1C. The van der Waals surface area contributed by atoms with Gasteiger partial charge in [0.25, 0.3) is 5.91 Å². The molecule has 1 aliphatic rings. The van der Waals surface area contributed by atoms with E-state index in [0.29, 0.717) is 49.0 Å². The summed E-state index contributed by atoms with van der Waals surface area (Å²) in [5, 5.41) is 0. The van der Waals surface area contributed by atoms with Crippen LogP contribution in [0.1, 0.15) is 27.3 Å². The van der Waals surface area contributed by atoms with Crippen molar-refractivity contribution in [1.29, 1.82) is 0 Å². The lowest BCUT2D eigenvalue weighted by atomic mass is 10.2. The number of hydrogen-bond acceptors (Lipinski definition) is 5. The van der Waals surface area contributed by atoms with E-state index in [-0.39, 0.29) is 22.9 Å². The first-order chi connectivity index (χ1) is 13.8. The number of methoxy groups -OCH3 is 1. The maximum Gasteiger partial charge on any atom is 0.257 e. The van der Waals surface area contributed by atoms with Gasteiger partial charge in [0.1, 0.15) is 10.6 Å². The highest BCUT2D eigenvalue weighted by atomic mass is 32.2. The highest BCUT2D eigenvalue weighted by Crippen LogP contribution is 2.28. The van der Waals surface area contributed by atoms with Crippen molar-refractivity contribution in [2.45, 2.75) is 25.3 Å². The minimum Gasteiger partial charge on any atom is -0.496 e. The summed E-state index contributed by atoms with van der Waals surface area (Å²) in [5.74, 6) is 0.313. The molecule has 1 aromatic carbocycles. The van der Waals surface area contributed by atoms with Crippen LogP contribution in [-0.4, -0.2) is 57.2 Å². The molecular formula is C20H27N3O5S. The molecular weight excluding hydrogens is 394 g/mol. The smallest absolute Gasteiger partial charge is 0.257 e. The predicted molar refractivity (Wildman–Crippen MR) is 109 cm³/mol. The monoisotopic (exact) mass is 421 g/mol. The van der Waals surface area contributed by atoms with Gasteiger partial charge in [-0.2, -0.15) is 0 Å². The maximum absolute atomic E-state index is 13.2. The number of sulfonamides is 1. The number of carbonyl (C=O) groups excluding carboxylic acids is 1. The number of carbonyl (C=O) groups is 1. The third-order valence-corrected chi connectivity index (χ3v) is 6.91. The number of morpholine rings is 1. The Morgan fingerprint density at radius 3 is 2.48 bits per heavy atom. The maximum atomic E-state index is 13.2. The van der Waals surface area contributed by atoms with Crippen LogP contribution in [0.3, 0.4) is 0 Å². The first kappa shape index (κ1) is 21.4. The Kier molecular flexibility index (Phi) is 6.30. The molecule has 0 radical (unpaired) electrons. The number of benzene rings is 1. The van der Waals surface area contributed by atoms with E-state index in [2.05, 4.69) is 4.72 Å². The first-order valence-electron chi connectivity index (χ1n) is 9.42. The molecule has 1 amide bonds. The Labute approximate surface area is 171 Å². The summed E-state index contributed by atoms with van der Waals surface area (Å²) >= 11 is 0. The van der Waals surface area contributed by atoms with E-state index >= 15 is 0 Å². The Balaban J connectivity index is 1.96. The largest absolute Gasteiger partial charge is 0.496 e. The average Bonchev–Trinajstić information content (AvgIpc) is 2.97. The Hall–Kier alpha value is -2.36. The van der Waals surface area contributed by atoms with Crippen LogP contribution in [0.15, 0.2) is 29.2 Å². The van der Waals surface area contributed by atoms with Crippen LogP contribution in [0.5, 0.6) is 5.75 Å². The van der Waals surface area contributed by atoms with Gasteiger partial charge in [-0.3, -0.25) is 4.79 Å². The molecule has 1 N–H and O–H groups in total. The molecule has 1 aromatic heterocycles. The van der Waals surface area contributed by atoms with Crippen LogP contribution in [0, 0.1) is 13.8 Å². The summed E-state index contributed by atoms with van der Waals surface area (Å²) in [7, 11) is -0.633. The quantitative estimate of drug-likeness (QED) is 0.765. The normalized spacial score (nSPS) is 14.8. The predicted octanol–water partition coefficient (Wildman–Crippen LogP) is 1.60. The zero-order valence-electron chi connectivity index (χ0n) is 17.2. The molecule has 2 aromatic rings. The number of hydrogen-bond donors (Lipinski definition) is 1. The van der Waals surface area contributed by atoms with Crippen molar-refractivity contribution in [3.63, 3.8) is 0 Å². The highest BCUT2D eigenvalue weighted by Gasteiger charge is 2.33. The number of nitrogens with one attached hydrogen (secondary N) is 1. The second kappa shape index (κ2) is 8.56. The standard InChI is InChI=1S/C20H27N3O5S/c1-14-18(20(24)23-9-11-28-12-10-23)19(15(2)22(14)3)29(25,26)21-13-16-7-5-6-8-17(16)27-4/h5-8,21H,9-13H2,1-4H3. The van der Waals surface area contributed by atoms with Crippen LogP contribution >= 0.6 is 0 Å². The molecule has 8 nitrogen and oxygen atoms in total. The summed E-state index contributed by atoms with van der Waals surface area (Å²) in [5.41, 5.74) is 2.08. The van der Waals surface area contributed by atoms with Gasteiger partial charge in [0, 0.05) is 43.6 Å². The summed E-state index contributed by atoms with van der Waals surface area (Å²) in [4.78, 5) is 14.8. The van der Waals surface area contributed by atoms with Crippen LogP contribution in [0.25, 0.3) is 0 Å². The molecule has 2 heterocycles. The molecule has 29 heavy (non-hydrogen) atoms. The molecule has 1 fully saturated rings.